The van der Waals surface area contributed by atoms with Gasteiger partial charge in [-0.15, -0.1) is 10.2 Å². The molecule has 1 aromatic heterocycles. The van der Waals surface area contributed by atoms with Crippen molar-refractivity contribution in [1.82, 2.24) is 10.2 Å². The SMILES string of the molecule is O=C(O)C1CCC(c2nnc(-c3ccccc3)o2)CC1. The van der Waals surface area contributed by atoms with Gasteiger partial charge in [0, 0.05) is 11.5 Å². The van der Waals surface area contributed by atoms with E-state index in [4.69, 9.17) is 9.52 Å². The van der Waals surface area contributed by atoms with E-state index in [1.54, 1.807) is 0 Å². The minimum atomic E-state index is -0.695. The summed E-state index contributed by atoms with van der Waals surface area (Å²) >= 11 is 0. The van der Waals surface area contributed by atoms with E-state index in [9.17, 15) is 4.79 Å². The Bertz CT molecular complexity index is 586. The second-order valence-corrected chi connectivity index (χ2v) is 5.20. The molecule has 1 N–H and O–H groups in total. The monoisotopic (exact) mass is 272 g/mol. The highest BCUT2D eigenvalue weighted by molar-refractivity contribution is 5.70. The second kappa shape index (κ2) is 5.45. The van der Waals surface area contributed by atoms with Crippen LogP contribution in [-0.4, -0.2) is 21.3 Å². The molecule has 5 nitrogen and oxygen atoms in total. The van der Waals surface area contributed by atoms with E-state index >= 15 is 0 Å². The Hall–Kier alpha value is -2.17. The summed E-state index contributed by atoms with van der Waals surface area (Å²) in [7, 11) is 0. The van der Waals surface area contributed by atoms with Crippen LogP contribution in [0.2, 0.25) is 0 Å². The Morgan fingerprint density at radius 3 is 2.45 bits per heavy atom. The van der Waals surface area contributed by atoms with Crippen molar-refractivity contribution in [2.24, 2.45) is 5.92 Å². The number of carbonyl (C=O) groups is 1. The van der Waals surface area contributed by atoms with Crippen LogP contribution in [0.15, 0.2) is 34.7 Å². The van der Waals surface area contributed by atoms with E-state index < -0.39 is 5.97 Å². The van der Waals surface area contributed by atoms with Gasteiger partial charge < -0.3 is 9.52 Å². The topological polar surface area (TPSA) is 76.2 Å². The summed E-state index contributed by atoms with van der Waals surface area (Å²) < 4.78 is 5.74. The van der Waals surface area contributed by atoms with Crippen molar-refractivity contribution in [2.75, 3.05) is 0 Å². The molecule has 1 aliphatic rings. The number of benzene rings is 1. The van der Waals surface area contributed by atoms with Gasteiger partial charge in [0.15, 0.2) is 0 Å². The highest BCUT2D eigenvalue weighted by Crippen LogP contribution is 2.36. The Kier molecular flexibility index (Phi) is 3.50. The van der Waals surface area contributed by atoms with Crippen LogP contribution in [0.5, 0.6) is 0 Å². The van der Waals surface area contributed by atoms with Crippen LogP contribution in [-0.2, 0) is 4.79 Å². The smallest absolute Gasteiger partial charge is 0.306 e. The lowest BCUT2D eigenvalue weighted by Crippen LogP contribution is -2.20. The highest BCUT2D eigenvalue weighted by atomic mass is 16.4. The maximum absolute atomic E-state index is 10.9. The van der Waals surface area contributed by atoms with Crippen molar-refractivity contribution in [3.63, 3.8) is 0 Å². The molecule has 0 spiro atoms. The molecule has 0 unspecified atom stereocenters. The summed E-state index contributed by atoms with van der Waals surface area (Å²) in [5, 5.41) is 17.2. The van der Waals surface area contributed by atoms with Crippen molar-refractivity contribution < 1.29 is 14.3 Å². The molecule has 0 radical (unpaired) electrons. The molecule has 3 rings (SSSR count). The number of rotatable bonds is 3. The second-order valence-electron chi connectivity index (χ2n) is 5.20. The molecule has 0 amide bonds. The summed E-state index contributed by atoms with van der Waals surface area (Å²) in [5.41, 5.74) is 0.908. The number of aliphatic carboxylic acids is 1. The summed E-state index contributed by atoms with van der Waals surface area (Å²) in [4.78, 5) is 10.9. The number of hydrogen-bond donors (Lipinski definition) is 1. The van der Waals surface area contributed by atoms with Gasteiger partial charge in [0.05, 0.1) is 5.92 Å². The minimum Gasteiger partial charge on any atom is -0.481 e. The fraction of sp³-hybridized carbons (Fsp3) is 0.400. The van der Waals surface area contributed by atoms with E-state index in [1.807, 2.05) is 30.3 Å². The highest BCUT2D eigenvalue weighted by Gasteiger charge is 2.29. The predicted octanol–water partition coefficient (Wildman–Crippen LogP) is 3.10. The molecular formula is C15H16N2O3. The zero-order chi connectivity index (χ0) is 13.9. The molecule has 1 aromatic carbocycles. The predicted molar refractivity (Wildman–Crippen MR) is 72.1 cm³/mol. The number of nitrogens with zero attached hydrogens (tertiary/aromatic N) is 2. The van der Waals surface area contributed by atoms with Crippen molar-refractivity contribution in [2.45, 2.75) is 31.6 Å². The Balaban J connectivity index is 1.71. The third-order valence-electron chi connectivity index (χ3n) is 3.89. The van der Waals surface area contributed by atoms with Gasteiger partial charge in [-0.2, -0.15) is 0 Å². The van der Waals surface area contributed by atoms with Gasteiger partial charge in [0.25, 0.3) is 0 Å². The molecule has 0 atom stereocenters. The molecule has 5 heteroatoms. The molecule has 0 aliphatic heterocycles. The molecule has 0 saturated heterocycles. The van der Waals surface area contributed by atoms with Gasteiger partial charge in [-0.1, -0.05) is 18.2 Å². The normalized spacial score (nSPS) is 22.6. The van der Waals surface area contributed by atoms with Crippen molar-refractivity contribution in [3.8, 4) is 11.5 Å². The molecule has 1 heterocycles. The molecule has 2 aromatic rings. The first-order valence-electron chi connectivity index (χ1n) is 6.85. The Labute approximate surface area is 116 Å². The lowest BCUT2D eigenvalue weighted by molar-refractivity contribution is -0.142. The molecule has 1 aliphatic carbocycles. The van der Waals surface area contributed by atoms with E-state index in [-0.39, 0.29) is 11.8 Å². The molecule has 20 heavy (non-hydrogen) atoms. The summed E-state index contributed by atoms with van der Waals surface area (Å²) in [5.74, 6) is 0.436. The average Bonchev–Trinajstić information content (AvgIpc) is 2.98. The fourth-order valence-electron chi connectivity index (χ4n) is 2.68. The molecule has 104 valence electrons. The van der Waals surface area contributed by atoms with Crippen molar-refractivity contribution in [3.05, 3.63) is 36.2 Å². The van der Waals surface area contributed by atoms with Crippen LogP contribution in [0.25, 0.3) is 11.5 Å². The van der Waals surface area contributed by atoms with E-state index in [2.05, 4.69) is 10.2 Å². The number of hydrogen-bond acceptors (Lipinski definition) is 4. The van der Waals surface area contributed by atoms with Crippen molar-refractivity contribution in [1.29, 1.82) is 0 Å². The maximum atomic E-state index is 10.9. The minimum absolute atomic E-state index is 0.190. The van der Waals surface area contributed by atoms with Gasteiger partial charge in [0.1, 0.15) is 0 Å². The molecule has 1 saturated carbocycles. The summed E-state index contributed by atoms with van der Waals surface area (Å²) in [6.07, 6.45) is 2.97. The van der Waals surface area contributed by atoms with Crippen LogP contribution < -0.4 is 0 Å². The first-order valence-corrected chi connectivity index (χ1v) is 6.85. The lowest BCUT2D eigenvalue weighted by Gasteiger charge is -2.23. The first kappa shape index (κ1) is 12.8. The first-order chi connectivity index (χ1) is 9.74. The Morgan fingerprint density at radius 2 is 1.80 bits per heavy atom. The molecule has 1 fully saturated rings. The third-order valence-corrected chi connectivity index (χ3v) is 3.89. The number of carboxylic acids is 1. The van der Waals surface area contributed by atoms with Crippen LogP contribution in [0, 0.1) is 5.92 Å². The Morgan fingerprint density at radius 1 is 1.10 bits per heavy atom. The maximum Gasteiger partial charge on any atom is 0.306 e. The fourth-order valence-corrected chi connectivity index (χ4v) is 2.68. The van der Waals surface area contributed by atoms with Crippen LogP contribution in [0.3, 0.4) is 0 Å². The van der Waals surface area contributed by atoms with Crippen molar-refractivity contribution >= 4 is 5.97 Å². The van der Waals surface area contributed by atoms with Gasteiger partial charge in [-0.25, -0.2) is 0 Å². The van der Waals surface area contributed by atoms with Crippen LogP contribution >= 0.6 is 0 Å². The standard InChI is InChI=1S/C15H16N2O3/c18-15(19)12-8-6-11(7-9-12)14-17-16-13(20-14)10-4-2-1-3-5-10/h1-5,11-12H,6-9H2,(H,18,19). The zero-order valence-corrected chi connectivity index (χ0v) is 11.0. The summed E-state index contributed by atoms with van der Waals surface area (Å²) in [6, 6.07) is 9.65. The molecule has 0 bridgehead atoms. The van der Waals surface area contributed by atoms with Crippen LogP contribution in [0.1, 0.15) is 37.5 Å². The van der Waals surface area contributed by atoms with E-state index in [0.29, 0.717) is 24.6 Å². The van der Waals surface area contributed by atoms with Gasteiger partial charge >= 0.3 is 5.97 Å². The lowest BCUT2D eigenvalue weighted by atomic mass is 9.82. The average molecular weight is 272 g/mol. The quantitative estimate of drug-likeness (QED) is 0.929. The van der Waals surface area contributed by atoms with Gasteiger partial charge in [0.2, 0.25) is 11.8 Å². The van der Waals surface area contributed by atoms with Gasteiger partial charge in [-0.3, -0.25) is 4.79 Å². The molecular weight excluding hydrogens is 256 g/mol. The summed E-state index contributed by atoms with van der Waals surface area (Å²) in [6.45, 7) is 0. The number of carboxylic acid groups (broad SMARTS) is 1. The van der Waals surface area contributed by atoms with Crippen LogP contribution in [0.4, 0.5) is 0 Å². The third kappa shape index (κ3) is 2.57. The van der Waals surface area contributed by atoms with E-state index in [0.717, 1.165) is 18.4 Å². The van der Waals surface area contributed by atoms with Gasteiger partial charge in [-0.05, 0) is 37.8 Å². The number of aromatic nitrogens is 2. The largest absolute Gasteiger partial charge is 0.481 e. The van der Waals surface area contributed by atoms with E-state index in [1.165, 1.54) is 0 Å². The zero-order valence-electron chi connectivity index (χ0n) is 11.0.